The van der Waals surface area contributed by atoms with Crippen LogP contribution < -0.4 is 51.4 Å². The maximum Gasteiger partial charge on any atom is 1.00 e. The number of nitrogens with one attached hydrogen (secondary N) is 1. The van der Waals surface area contributed by atoms with Gasteiger partial charge in [0.2, 0.25) is 0 Å². The maximum atomic E-state index is 10.8. The topological polar surface area (TPSA) is 57.9 Å². The van der Waals surface area contributed by atoms with Gasteiger partial charge in [0.15, 0.2) is 10.0 Å². The molecule has 0 fully saturated rings. The Morgan fingerprint density at radius 1 is 1.22 bits per heavy atom. The van der Waals surface area contributed by atoms with Crippen molar-refractivity contribution in [3.05, 3.63) is 5.14 Å². The first-order chi connectivity index (χ1) is 3.25. The summed E-state index contributed by atoms with van der Waals surface area (Å²) in [6.45, 7) is 0. The smallest absolute Gasteiger partial charge is 0.556 e. The van der Waals surface area contributed by atoms with E-state index < -0.39 is 15.5 Å². The molecule has 1 N–H and O–H groups in total. The molecule has 0 spiro atoms. The first-order valence-electron chi connectivity index (χ1n) is 1.31. The number of hydrogen-bond acceptors (Lipinski definition) is 2. The van der Waals surface area contributed by atoms with E-state index in [1.807, 2.05) is 0 Å². The minimum absolute atomic E-state index is 0. The number of sulfonamides is 1. The van der Waals surface area contributed by atoms with Gasteiger partial charge in [0, 0.05) is 0 Å². The largest absolute Gasteiger partial charge is 1.00 e. The van der Waals surface area contributed by atoms with Gasteiger partial charge in [-0.05, 0) is 0 Å². The first kappa shape index (κ1) is 13.0. The predicted molar refractivity (Wildman–Crippen MR) is 19.3 cm³/mol. The standard InChI is InChI=1S/CHF3NO2S.K/c2-1(3,4)8(5,6)7;/h(H-,5,6,7);/q-1;+1. The van der Waals surface area contributed by atoms with Crippen LogP contribution in [-0.4, -0.2) is 13.9 Å². The van der Waals surface area contributed by atoms with Gasteiger partial charge in [-0.2, -0.15) is 13.2 Å². The third kappa shape index (κ3) is 4.70. The monoisotopic (exact) mass is 187 g/mol. The summed E-state index contributed by atoms with van der Waals surface area (Å²) in [5, 5.41) is 5.43. The summed E-state index contributed by atoms with van der Waals surface area (Å²) in [4.78, 5) is 0. The molecule has 0 heterocycles. The average Bonchev–Trinajstić information content (AvgIpc) is 1.25. The molecule has 0 aliphatic rings. The molecular weight excluding hydrogens is 186 g/mol. The van der Waals surface area contributed by atoms with Gasteiger partial charge in [-0.3, -0.25) is 0 Å². The van der Waals surface area contributed by atoms with E-state index in [1.165, 1.54) is 0 Å². The van der Waals surface area contributed by atoms with Gasteiger partial charge in [0.25, 0.3) is 0 Å². The van der Waals surface area contributed by atoms with Crippen molar-refractivity contribution in [2.75, 3.05) is 0 Å². The summed E-state index contributed by atoms with van der Waals surface area (Å²) in [6.07, 6.45) is 0. The van der Waals surface area contributed by atoms with E-state index >= 15 is 0 Å². The Morgan fingerprint density at radius 3 is 1.33 bits per heavy atom. The van der Waals surface area contributed by atoms with E-state index in [-0.39, 0.29) is 51.4 Å². The molecule has 0 aromatic heterocycles. The molecule has 0 unspecified atom stereocenters. The van der Waals surface area contributed by atoms with E-state index in [1.54, 1.807) is 0 Å². The molecule has 0 amide bonds. The third-order valence-electron chi connectivity index (χ3n) is 0.305. The molecule has 3 nitrogen and oxygen atoms in total. The van der Waals surface area contributed by atoms with Crippen molar-refractivity contribution in [3.8, 4) is 0 Å². The average molecular weight is 187 g/mol. The third-order valence-corrected chi connectivity index (χ3v) is 0.914. The zero-order chi connectivity index (χ0) is 7.00. The molecule has 8 heteroatoms. The molecule has 50 valence electrons. The molecule has 0 saturated heterocycles. The van der Waals surface area contributed by atoms with Crippen molar-refractivity contribution in [1.82, 2.24) is 0 Å². The summed E-state index contributed by atoms with van der Waals surface area (Å²) in [5.74, 6) is 0. The number of rotatable bonds is 0. The summed E-state index contributed by atoms with van der Waals surface area (Å²) < 4.78 is 50.8. The van der Waals surface area contributed by atoms with E-state index in [4.69, 9.17) is 5.14 Å². The fraction of sp³-hybridized carbons (Fsp3) is 1.00. The molecule has 0 aromatic carbocycles. The van der Waals surface area contributed by atoms with Gasteiger partial charge < -0.3 is 5.14 Å². The van der Waals surface area contributed by atoms with Crippen molar-refractivity contribution < 1.29 is 73.0 Å². The van der Waals surface area contributed by atoms with Gasteiger partial charge in [-0.25, -0.2) is 8.42 Å². The van der Waals surface area contributed by atoms with Crippen LogP contribution in [0.25, 0.3) is 5.14 Å². The molecule has 0 radical (unpaired) electrons. The van der Waals surface area contributed by atoms with Crippen molar-refractivity contribution in [1.29, 1.82) is 0 Å². The Balaban J connectivity index is 0. The van der Waals surface area contributed by atoms with Gasteiger partial charge in [-0.1, -0.05) is 0 Å². The fourth-order valence-corrected chi connectivity index (χ4v) is 0. The van der Waals surface area contributed by atoms with Crippen LogP contribution in [0.4, 0.5) is 13.2 Å². The van der Waals surface area contributed by atoms with Crippen LogP contribution >= 0.6 is 0 Å². The molecule has 0 aliphatic carbocycles. The Morgan fingerprint density at radius 2 is 1.33 bits per heavy atom. The predicted octanol–water partition coefficient (Wildman–Crippen LogP) is -2.11. The summed E-state index contributed by atoms with van der Waals surface area (Å²) in [5.41, 5.74) is -5.42. The van der Waals surface area contributed by atoms with Crippen LogP contribution in [0.3, 0.4) is 0 Å². The minimum Gasteiger partial charge on any atom is -0.556 e. The second-order valence-electron chi connectivity index (χ2n) is 0.949. The summed E-state index contributed by atoms with van der Waals surface area (Å²) in [6, 6.07) is 0. The Hall–Kier alpha value is 1.34. The molecular formula is CHF3KNO2S. The van der Waals surface area contributed by atoms with E-state index in [9.17, 15) is 21.6 Å². The van der Waals surface area contributed by atoms with Crippen molar-refractivity contribution in [3.63, 3.8) is 0 Å². The zero-order valence-electron chi connectivity index (χ0n) is 4.36. The number of halogens is 3. The van der Waals surface area contributed by atoms with Crippen LogP contribution in [-0.2, 0) is 10.0 Å². The molecule has 9 heavy (non-hydrogen) atoms. The maximum absolute atomic E-state index is 10.8. The van der Waals surface area contributed by atoms with E-state index in [0.29, 0.717) is 0 Å². The van der Waals surface area contributed by atoms with Crippen LogP contribution in [0.1, 0.15) is 0 Å². The second kappa shape index (κ2) is 3.65. The zero-order valence-corrected chi connectivity index (χ0v) is 8.30. The van der Waals surface area contributed by atoms with Gasteiger partial charge >= 0.3 is 56.9 Å². The SMILES string of the molecule is [K+].[NH-]S(=O)(=O)C(F)(F)F. The van der Waals surface area contributed by atoms with Crippen LogP contribution in [0.5, 0.6) is 0 Å². The Kier molecular flexibility index (Phi) is 5.26. The van der Waals surface area contributed by atoms with Gasteiger partial charge in [-0.15, -0.1) is 0 Å². The summed E-state index contributed by atoms with van der Waals surface area (Å²) >= 11 is 0. The van der Waals surface area contributed by atoms with Crippen molar-refractivity contribution in [2.24, 2.45) is 0 Å². The number of hydrogen-bond donors (Lipinski definition) is 0. The molecule has 0 atom stereocenters. The van der Waals surface area contributed by atoms with Gasteiger partial charge in [0.05, 0.1) is 0 Å². The molecule has 0 aromatic rings. The normalized spacial score (nSPS) is 12.4. The van der Waals surface area contributed by atoms with Gasteiger partial charge in [0.1, 0.15) is 0 Å². The van der Waals surface area contributed by atoms with E-state index in [0.717, 1.165) is 0 Å². The van der Waals surface area contributed by atoms with Crippen molar-refractivity contribution >= 4 is 10.0 Å². The molecule has 0 saturated carbocycles. The minimum atomic E-state index is -5.59. The van der Waals surface area contributed by atoms with Crippen LogP contribution in [0.2, 0.25) is 0 Å². The first-order valence-corrected chi connectivity index (χ1v) is 2.79. The summed E-state index contributed by atoms with van der Waals surface area (Å²) in [7, 11) is -5.59. The number of alkyl halides is 3. The van der Waals surface area contributed by atoms with Crippen molar-refractivity contribution in [2.45, 2.75) is 5.51 Å². The molecule has 0 rings (SSSR count). The quantitative estimate of drug-likeness (QED) is 0.408. The second-order valence-corrected chi connectivity index (χ2v) is 2.42. The Bertz CT molecular complexity index is 171. The Labute approximate surface area is 92.3 Å². The van der Waals surface area contributed by atoms with Crippen LogP contribution in [0, 0.1) is 0 Å². The van der Waals surface area contributed by atoms with Crippen LogP contribution in [0.15, 0.2) is 0 Å². The van der Waals surface area contributed by atoms with E-state index in [2.05, 4.69) is 0 Å². The fourth-order valence-electron chi connectivity index (χ4n) is 0. The molecule has 0 bridgehead atoms. The molecule has 0 aliphatic heterocycles.